The smallest absolute Gasteiger partial charge is 0.306 e. The third-order valence-electron chi connectivity index (χ3n) is 12.6. The molecule has 350 valence electrons. The molecule has 0 aromatic heterocycles. The molecule has 0 N–H and O–H groups in total. The van der Waals surface area contributed by atoms with Gasteiger partial charge in [0.2, 0.25) is 0 Å². The average molecular weight is 835 g/mol. The van der Waals surface area contributed by atoms with Crippen LogP contribution in [0.4, 0.5) is 0 Å². The zero-order valence-corrected chi connectivity index (χ0v) is 40.5. The molecule has 0 amide bonds. The first-order valence-electron chi connectivity index (χ1n) is 26.2. The van der Waals surface area contributed by atoms with E-state index < -0.39 is 6.10 Å². The molecule has 6 heteroatoms. The molecule has 0 saturated carbocycles. The molecular formula is C53H102O6. The monoisotopic (exact) mass is 835 g/mol. The summed E-state index contributed by atoms with van der Waals surface area (Å²) in [6.45, 7) is 13.7. The van der Waals surface area contributed by atoms with Gasteiger partial charge in [0.25, 0.3) is 0 Å². The van der Waals surface area contributed by atoms with Crippen LogP contribution in [0.1, 0.15) is 286 Å². The summed E-state index contributed by atoms with van der Waals surface area (Å²) in [5.74, 6) is 1.68. The van der Waals surface area contributed by atoms with Crippen molar-refractivity contribution in [3.8, 4) is 0 Å². The lowest BCUT2D eigenvalue weighted by atomic mass is 9.99. The molecule has 0 radical (unpaired) electrons. The quantitative estimate of drug-likeness (QED) is 0.0345. The molecule has 0 aliphatic rings. The third kappa shape index (κ3) is 44.3. The molecule has 0 heterocycles. The van der Waals surface area contributed by atoms with Crippen molar-refractivity contribution in [1.82, 2.24) is 0 Å². The first-order chi connectivity index (χ1) is 28.7. The van der Waals surface area contributed by atoms with Gasteiger partial charge in [0.05, 0.1) is 0 Å². The van der Waals surface area contributed by atoms with Gasteiger partial charge in [0.1, 0.15) is 13.2 Å². The van der Waals surface area contributed by atoms with E-state index in [1.54, 1.807) is 0 Å². The predicted octanol–water partition coefficient (Wildman–Crippen LogP) is 16.8. The minimum atomic E-state index is -0.763. The normalized spacial score (nSPS) is 13.1. The van der Waals surface area contributed by atoms with Crippen LogP contribution in [0.3, 0.4) is 0 Å². The first-order valence-corrected chi connectivity index (χ1v) is 26.2. The number of esters is 3. The summed E-state index contributed by atoms with van der Waals surface area (Å²) < 4.78 is 16.8. The summed E-state index contributed by atoms with van der Waals surface area (Å²) in [7, 11) is 0. The van der Waals surface area contributed by atoms with Gasteiger partial charge in [-0.1, -0.05) is 247 Å². The SMILES string of the molecule is CCC(C)CCCCCCCCCCC(=O)OC[C@@H](COC(=O)CCCCCCCCCCCCCCCCC(C)C)OC(=O)CCCCCCCCCCC(C)CC. The Balaban J connectivity index is 4.31. The van der Waals surface area contributed by atoms with Crippen molar-refractivity contribution in [2.75, 3.05) is 13.2 Å². The van der Waals surface area contributed by atoms with Gasteiger partial charge in [-0.3, -0.25) is 14.4 Å². The van der Waals surface area contributed by atoms with Crippen molar-refractivity contribution >= 4 is 17.9 Å². The van der Waals surface area contributed by atoms with Crippen molar-refractivity contribution in [2.45, 2.75) is 292 Å². The van der Waals surface area contributed by atoms with Crippen LogP contribution in [-0.2, 0) is 28.6 Å². The van der Waals surface area contributed by atoms with Gasteiger partial charge < -0.3 is 14.2 Å². The topological polar surface area (TPSA) is 78.9 Å². The van der Waals surface area contributed by atoms with E-state index in [1.807, 2.05) is 0 Å². The minimum Gasteiger partial charge on any atom is -0.462 e. The van der Waals surface area contributed by atoms with E-state index in [1.165, 1.54) is 167 Å². The number of rotatable bonds is 46. The fraction of sp³-hybridized carbons (Fsp3) is 0.943. The number of hydrogen-bond donors (Lipinski definition) is 0. The first kappa shape index (κ1) is 57.4. The van der Waals surface area contributed by atoms with Gasteiger partial charge in [0.15, 0.2) is 6.10 Å². The highest BCUT2D eigenvalue weighted by molar-refractivity contribution is 5.71. The number of carbonyl (C=O) groups excluding carboxylic acids is 3. The molecule has 0 aliphatic carbocycles. The highest BCUT2D eigenvalue weighted by Crippen LogP contribution is 2.18. The summed E-state index contributed by atoms with van der Waals surface area (Å²) in [5, 5.41) is 0. The maximum atomic E-state index is 12.8. The maximum Gasteiger partial charge on any atom is 0.306 e. The van der Waals surface area contributed by atoms with Gasteiger partial charge in [0, 0.05) is 19.3 Å². The molecule has 0 aliphatic heterocycles. The standard InChI is InChI=1S/C53H102O6/c1-7-48(5)40-34-28-22-17-19-25-31-37-43-52(55)58-46-50(59-53(56)44-38-32-26-20-18-23-29-35-41-49(6)8-2)45-57-51(54)42-36-30-24-16-14-12-10-9-11-13-15-21-27-33-39-47(3)4/h47-50H,7-46H2,1-6H3/t48?,49?,50-/m1/s1. The molecule has 3 atom stereocenters. The molecule has 59 heavy (non-hydrogen) atoms. The van der Waals surface area contributed by atoms with Crippen LogP contribution >= 0.6 is 0 Å². The van der Waals surface area contributed by atoms with Crippen molar-refractivity contribution in [2.24, 2.45) is 17.8 Å². The van der Waals surface area contributed by atoms with E-state index in [-0.39, 0.29) is 31.1 Å². The molecule has 0 spiro atoms. The van der Waals surface area contributed by atoms with E-state index in [0.717, 1.165) is 75.5 Å². The van der Waals surface area contributed by atoms with E-state index >= 15 is 0 Å². The predicted molar refractivity (Wildman–Crippen MR) is 252 cm³/mol. The summed E-state index contributed by atoms with van der Waals surface area (Å²) >= 11 is 0. The van der Waals surface area contributed by atoms with Gasteiger partial charge in [-0.05, 0) is 37.0 Å². The molecule has 0 saturated heterocycles. The Bertz CT molecular complexity index is 918. The Labute approximate surface area is 368 Å². The minimum absolute atomic E-state index is 0.0651. The number of unbranched alkanes of at least 4 members (excludes halogenated alkanes) is 27. The van der Waals surface area contributed by atoms with Crippen molar-refractivity contribution < 1.29 is 28.6 Å². The van der Waals surface area contributed by atoms with Gasteiger partial charge in [-0.2, -0.15) is 0 Å². The second-order valence-electron chi connectivity index (χ2n) is 19.1. The summed E-state index contributed by atoms with van der Waals surface area (Å²) in [5.41, 5.74) is 0. The second kappa shape index (κ2) is 44.5. The fourth-order valence-corrected chi connectivity index (χ4v) is 7.87. The maximum absolute atomic E-state index is 12.8. The van der Waals surface area contributed by atoms with E-state index in [0.29, 0.717) is 19.3 Å². The van der Waals surface area contributed by atoms with Crippen LogP contribution in [0.5, 0.6) is 0 Å². The van der Waals surface area contributed by atoms with Crippen LogP contribution < -0.4 is 0 Å². The molecule has 0 fully saturated rings. The lowest BCUT2D eigenvalue weighted by Crippen LogP contribution is -2.30. The fourth-order valence-electron chi connectivity index (χ4n) is 7.87. The Morgan fingerprint density at radius 2 is 0.593 bits per heavy atom. The van der Waals surface area contributed by atoms with Crippen LogP contribution in [0.15, 0.2) is 0 Å². The van der Waals surface area contributed by atoms with E-state index in [2.05, 4.69) is 41.5 Å². The Morgan fingerprint density at radius 3 is 0.881 bits per heavy atom. The van der Waals surface area contributed by atoms with Crippen LogP contribution in [-0.4, -0.2) is 37.2 Å². The van der Waals surface area contributed by atoms with Crippen LogP contribution in [0.2, 0.25) is 0 Å². The van der Waals surface area contributed by atoms with E-state index in [9.17, 15) is 14.4 Å². The van der Waals surface area contributed by atoms with Gasteiger partial charge in [-0.25, -0.2) is 0 Å². The van der Waals surface area contributed by atoms with Crippen LogP contribution in [0, 0.1) is 17.8 Å². The summed E-state index contributed by atoms with van der Waals surface area (Å²) in [6.07, 6.45) is 43.7. The zero-order chi connectivity index (χ0) is 43.4. The summed E-state index contributed by atoms with van der Waals surface area (Å²) in [6, 6.07) is 0. The number of hydrogen-bond acceptors (Lipinski definition) is 6. The Morgan fingerprint density at radius 1 is 0.339 bits per heavy atom. The Hall–Kier alpha value is -1.59. The molecular weight excluding hydrogens is 733 g/mol. The number of ether oxygens (including phenoxy) is 3. The molecule has 0 bridgehead atoms. The summed E-state index contributed by atoms with van der Waals surface area (Å²) in [4.78, 5) is 37.9. The highest BCUT2D eigenvalue weighted by Gasteiger charge is 2.19. The Kier molecular flexibility index (Phi) is 43.3. The molecule has 0 rings (SSSR count). The lowest BCUT2D eigenvalue weighted by molar-refractivity contribution is -0.167. The third-order valence-corrected chi connectivity index (χ3v) is 12.6. The lowest BCUT2D eigenvalue weighted by Gasteiger charge is -2.18. The van der Waals surface area contributed by atoms with Gasteiger partial charge in [-0.15, -0.1) is 0 Å². The molecule has 6 nitrogen and oxygen atoms in total. The highest BCUT2D eigenvalue weighted by atomic mass is 16.6. The molecule has 2 unspecified atom stereocenters. The zero-order valence-electron chi connectivity index (χ0n) is 40.5. The average Bonchev–Trinajstić information content (AvgIpc) is 3.22. The van der Waals surface area contributed by atoms with Crippen molar-refractivity contribution in [1.29, 1.82) is 0 Å². The van der Waals surface area contributed by atoms with Gasteiger partial charge >= 0.3 is 17.9 Å². The number of carbonyl (C=O) groups is 3. The van der Waals surface area contributed by atoms with Crippen LogP contribution in [0.25, 0.3) is 0 Å². The largest absolute Gasteiger partial charge is 0.462 e. The molecule has 0 aromatic rings. The molecule has 0 aromatic carbocycles. The van der Waals surface area contributed by atoms with Crippen molar-refractivity contribution in [3.05, 3.63) is 0 Å². The van der Waals surface area contributed by atoms with Crippen molar-refractivity contribution in [3.63, 3.8) is 0 Å². The second-order valence-corrected chi connectivity index (χ2v) is 19.1. The van der Waals surface area contributed by atoms with E-state index in [4.69, 9.17) is 14.2 Å².